The van der Waals surface area contributed by atoms with Crippen molar-refractivity contribution in [3.8, 4) is 5.88 Å². The molecular weight excluding hydrogens is 348 g/mol. The van der Waals surface area contributed by atoms with E-state index in [0.29, 0.717) is 19.0 Å². The Balaban J connectivity index is 1.55. The van der Waals surface area contributed by atoms with E-state index in [-0.39, 0.29) is 0 Å². The number of hydrogen-bond donors (Lipinski definition) is 1. The Kier molecular flexibility index (Phi) is 6.90. The van der Waals surface area contributed by atoms with Gasteiger partial charge in [-0.2, -0.15) is 11.8 Å². The number of hydrogen-bond acceptors (Lipinski definition) is 8. The maximum atomic E-state index is 5.69. The van der Waals surface area contributed by atoms with Crippen molar-refractivity contribution in [2.75, 3.05) is 62.1 Å². The summed E-state index contributed by atoms with van der Waals surface area (Å²) < 4.78 is 5.69. The molecule has 3 heterocycles. The first-order chi connectivity index (χ1) is 12.7. The molecule has 7 nitrogen and oxygen atoms in total. The lowest BCUT2D eigenvalue weighted by Crippen LogP contribution is -2.33. The summed E-state index contributed by atoms with van der Waals surface area (Å²) in [4.78, 5) is 17.4. The van der Waals surface area contributed by atoms with Crippen LogP contribution < -0.4 is 15.0 Å². The van der Waals surface area contributed by atoms with E-state index < -0.39 is 0 Å². The van der Waals surface area contributed by atoms with Crippen LogP contribution in [0.3, 0.4) is 0 Å². The van der Waals surface area contributed by atoms with Crippen molar-refractivity contribution in [2.24, 2.45) is 0 Å². The molecule has 1 aliphatic rings. The molecule has 2 aromatic rings. The topological polar surface area (TPSA) is 66.4 Å². The van der Waals surface area contributed by atoms with Crippen molar-refractivity contribution in [3.05, 3.63) is 36.3 Å². The molecule has 0 aliphatic carbocycles. The van der Waals surface area contributed by atoms with E-state index in [0.717, 1.165) is 48.3 Å². The number of nitrogens with zero attached hydrogens (tertiary/aromatic N) is 5. The van der Waals surface area contributed by atoms with Crippen LogP contribution in [0.5, 0.6) is 5.88 Å². The van der Waals surface area contributed by atoms with Crippen molar-refractivity contribution in [1.29, 1.82) is 0 Å². The van der Waals surface area contributed by atoms with Crippen LogP contribution in [-0.2, 0) is 6.54 Å². The van der Waals surface area contributed by atoms with E-state index in [2.05, 4.69) is 30.1 Å². The molecule has 140 valence electrons. The van der Waals surface area contributed by atoms with E-state index in [1.165, 1.54) is 0 Å². The molecular formula is C18H26N6OS. The SMILES string of the molecule is CN(C)CCOc1cc(CNc2cc(N3CCSCC3)ncn2)ccn1. The molecule has 1 saturated heterocycles. The predicted octanol–water partition coefficient (Wildman–Crippen LogP) is 1.98. The highest BCUT2D eigenvalue weighted by molar-refractivity contribution is 7.99. The van der Waals surface area contributed by atoms with Crippen LogP contribution in [0, 0.1) is 0 Å². The normalized spacial score (nSPS) is 14.5. The van der Waals surface area contributed by atoms with Crippen LogP contribution >= 0.6 is 11.8 Å². The standard InChI is InChI=1S/C18H26N6OS/c1-23(2)5-8-25-18-11-15(3-4-19-18)13-20-16-12-17(22-14-21-16)24-6-9-26-10-7-24/h3-4,11-12,14H,5-10,13H2,1-2H3,(H,20,21,22). The molecule has 1 N–H and O–H groups in total. The number of aromatic nitrogens is 3. The molecule has 0 aromatic carbocycles. The lowest BCUT2D eigenvalue weighted by atomic mass is 10.2. The Bertz CT molecular complexity index is 693. The van der Waals surface area contributed by atoms with Crippen molar-refractivity contribution in [2.45, 2.75) is 6.54 Å². The first-order valence-electron chi connectivity index (χ1n) is 8.82. The second-order valence-corrected chi connectivity index (χ2v) is 7.59. The molecule has 0 amide bonds. The minimum Gasteiger partial charge on any atom is -0.476 e. The van der Waals surface area contributed by atoms with Gasteiger partial charge in [0.15, 0.2) is 0 Å². The third kappa shape index (κ3) is 5.74. The fourth-order valence-electron chi connectivity index (χ4n) is 2.57. The van der Waals surface area contributed by atoms with Crippen LogP contribution in [0.2, 0.25) is 0 Å². The molecule has 0 atom stereocenters. The number of nitrogens with one attached hydrogen (secondary N) is 1. The van der Waals surface area contributed by atoms with Gasteiger partial charge in [-0.15, -0.1) is 0 Å². The predicted molar refractivity (Wildman–Crippen MR) is 107 cm³/mol. The number of likely N-dealkylation sites (N-methyl/N-ethyl adjacent to an activating group) is 1. The average Bonchev–Trinajstić information content (AvgIpc) is 2.67. The van der Waals surface area contributed by atoms with Gasteiger partial charge in [-0.3, -0.25) is 0 Å². The lowest BCUT2D eigenvalue weighted by molar-refractivity contribution is 0.253. The molecule has 0 bridgehead atoms. The third-order valence-electron chi connectivity index (χ3n) is 4.05. The molecule has 8 heteroatoms. The molecule has 1 fully saturated rings. The summed E-state index contributed by atoms with van der Waals surface area (Å²) in [6, 6.07) is 5.97. The van der Waals surface area contributed by atoms with Crippen molar-refractivity contribution < 1.29 is 4.74 Å². The smallest absolute Gasteiger partial charge is 0.213 e. The van der Waals surface area contributed by atoms with Gasteiger partial charge in [-0.05, 0) is 25.7 Å². The number of rotatable bonds is 8. The first kappa shape index (κ1) is 18.7. The van der Waals surface area contributed by atoms with Crippen molar-refractivity contribution >= 4 is 23.4 Å². The van der Waals surface area contributed by atoms with Gasteiger partial charge < -0.3 is 19.9 Å². The number of pyridine rings is 1. The van der Waals surface area contributed by atoms with Crippen LogP contribution in [0.25, 0.3) is 0 Å². The van der Waals surface area contributed by atoms with Crippen LogP contribution in [0.4, 0.5) is 11.6 Å². The molecule has 0 saturated carbocycles. The van der Waals surface area contributed by atoms with E-state index in [1.807, 2.05) is 44.1 Å². The second kappa shape index (κ2) is 9.59. The molecule has 3 rings (SSSR count). The van der Waals surface area contributed by atoms with Gasteiger partial charge in [0, 0.05) is 56.0 Å². The van der Waals surface area contributed by atoms with E-state index in [1.54, 1.807) is 12.5 Å². The quantitative estimate of drug-likeness (QED) is 0.752. The van der Waals surface area contributed by atoms with E-state index in [4.69, 9.17) is 4.74 Å². The minimum atomic E-state index is 0.625. The van der Waals surface area contributed by atoms with Crippen molar-refractivity contribution in [1.82, 2.24) is 19.9 Å². The monoisotopic (exact) mass is 374 g/mol. The van der Waals surface area contributed by atoms with Gasteiger partial charge in [0.1, 0.15) is 24.6 Å². The third-order valence-corrected chi connectivity index (χ3v) is 4.99. The molecule has 1 aliphatic heterocycles. The number of thioether (sulfide) groups is 1. The highest BCUT2D eigenvalue weighted by Crippen LogP contribution is 2.19. The summed E-state index contributed by atoms with van der Waals surface area (Å²) in [5, 5.41) is 3.37. The number of ether oxygens (including phenoxy) is 1. The van der Waals surface area contributed by atoms with Gasteiger partial charge in [0.2, 0.25) is 5.88 Å². The Morgan fingerprint density at radius 1 is 1.19 bits per heavy atom. The van der Waals surface area contributed by atoms with Gasteiger partial charge in [-0.1, -0.05) is 0 Å². The zero-order valence-electron chi connectivity index (χ0n) is 15.4. The summed E-state index contributed by atoms with van der Waals surface area (Å²) in [7, 11) is 4.05. The largest absolute Gasteiger partial charge is 0.476 e. The average molecular weight is 375 g/mol. The first-order valence-corrected chi connectivity index (χ1v) is 9.97. The van der Waals surface area contributed by atoms with Crippen molar-refractivity contribution in [3.63, 3.8) is 0 Å². The zero-order valence-corrected chi connectivity index (χ0v) is 16.2. The number of anilines is 2. The highest BCUT2D eigenvalue weighted by atomic mass is 32.2. The Hall–Kier alpha value is -2.06. The lowest BCUT2D eigenvalue weighted by Gasteiger charge is -2.27. The van der Waals surface area contributed by atoms with E-state index >= 15 is 0 Å². The molecule has 0 unspecified atom stereocenters. The van der Waals surface area contributed by atoms with Crippen LogP contribution in [0.15, 0.2) is 30.7 Å². The van der Waals surface area contributed by atoms with Gasteiger partial charge in [0.25, 0.3) is 0 Å². The molecule has 2 aromatic heterocycles. The van der Waals surface area contributed by atoms with Gasteiger partial charge >= 0.3 is 0 Å². The zero-order chi connectivity index (χ0) is 18.2. The molecule has 0 radical (unpaired) electrons. The van der Waals surface area contributed by atoms with Crippen LogP contribution in [0.1, 0.15) is 5.56 Å². The Morgan fingerprint density at radius 2 is 2.04 bits per heavy atom. The van der Waals surface area contributed by atoms with Gasteiger partial charge in [-0.25, -0.2) is 15.0 Å². The van der Waals surface area contributed by atoms with Crippen LogP contribution in [-0.4, -0.2) is 71.7 Å². The minimum absolute atomic E-state index is 0.625. The summed E-state index contributed by atoms with van der Waals surface area (Å²) in [6.07, 6.45) is 3.40. The molecule has 0 spiro atoms. The highest BCUT2D eigenvalue weighted by Gasteiger charge is 2.13. The maximum absolute atomic E-state index is 5.69. The summed E-state index contributed by atoms with van der Waals surface area (Å²) >= 11 is 1.99. The Labute approximate surface area is 159 Å². The Morgan fingerprint density at radius 3 is 2.85 bits per heavy atom. The fourth-order valence-corrected chi connectivity index (χ4v) is 3.48. The molecule has 26 heavy (non-hydrogen) atoms. The fraction of sp³-hybridized carbons (Fsp3) is 0.500. The maximum Gasteiger partial charge on any atom is 0.213 e. The summed E-state index contributed by atoms with van der Waals surface area (Å²) in [6.45, 7) is 4.24. The summed E-state index contributed by atoms with van der Waals surface area (Å²) in [5.74, 6) is 4.78. The van der Waals surface area contributed by atoms with Gasteiger partial charge in [0.05, 0.1) is 0 Å². The second-order valence-electron chi connectivity index (χ2n) is 6.37. The summed E-state index contributed by atoms with van der Waals surface area (Å²) in [5.41, 5.74) is 1.11. The van der Waals surface area contributed by atoms with E-state index in [9.17, 15) is 0 Å².